The molecular formula is C12H19NO3. The Bertz CT molecular complexity index is 328. The van der Waals surface area contributed by atoms with Crippen molar-refractivity contribution in [3.63, 3.8) is 0 Å². The summed E-state index contributed by atoms with van der Waals surface area (Å²) in [4.78, 5) is 0. The lowest BCUT2D eigenvalue weighted by atomic mass is 10.2. The fraction of sp³-hybridized carbons (Fsp3) is 0.500. The van der Waals surface area contributed by atoms with Crippen molar-refractivity contribution < 1.29 is 14.2 Å². The van der Waals surface area contributed by atoms with Gasteiger partial charge >= 0.3 is 0 Å². The Balaban J connectivity index is 2.78. The van der Waals surface area contributed by atoms with Crippen LogP contribution >= 0.6 is 0 Å². The second kappa shape index (κ2) is 6.35. The number of nitrogens with two attached hydrogens (primary N) is 1. The molecule has 0 aliphatic carbocycles. The second-order valence-corrected chi connectivity index (χ2v) is 3.59. The third kappa shape index (κ3) is 3.40. The molecule has 1 atom stereocenters. The van der Waals surface area contributed by atoms with Crippen LogP contribution in [0.1, 0.15) is 5.56 Å². The van der Waals surface area contributed by atoms with E-state index in [1.807, 2.05) is 25.1 Å². The molecule has 90 valence electrons. The van der Waals surface area contributed by atoms with Crippen LogP contribution in [0.5, 0.6) is 11.5 Å². The fourth-order valence-electron chi connectivity index (χ4n) is 1.39. The van der Waals surface area contributed by atoms with E-state index in [4.69, 9.17) is 19.9 Å². The van der Waals surface area contributed by atoms with E-state index < -0.39 is 0 Å². The lowest BCUT2D eigenvalue weighted by Gasteiger charge is -2.18. The minimum absolute atomic E-state index is 0.151. The number of rotatable bonds is 6. The lowest BCUT2D eigenvalue weighted by Crippen LogP contribution is -2.31. The van der Waals surface area contributed by atoms with Crippen LogP contribution in [0, 0.1) is 6.92 Å². The van der Waals surface area contributed by atoms with Crippen LogP contribution < -0.4 is 15.2 Å². The summed E-state index contributed by atoms with van der Waals surface area (Å²) in [6.45, 7) is 2.88. The van der Waals surface area contributed by atoms with E-state index >= 15 is 0 Å². The molecule has 0 spiro atoms. The summed E-state index contributed by atoms with van der Waals surface area (Å²) in [5.41, 5.74) is 6.71. The molecule has 0 aliphatic rings. The molecule has 0 amide bonds. The Morgan fingerprint density at radius 2 is 2.00 bits per heavy atom. The first-order valence-electron chi connectivity index (χ1n) is 5.21. The summed E-state index contributed by atoms with van der Waals surface area (Å²) in [5.74, 6) is 1.41. The molecule has 1 unspecified atom stereocenters. The predicted molar refractivity (Wildman–Crippen MR) is 63.1 cm³/mol. The first-order chi connectivity index (χ1) is 7.71. The van der Waals surface area contributed by atoms with Crippen LogP contribution in [0.25, 0.3) is 0 Å². The van der Waals surface area contributed by atoms with Gasteiger partial charge in [0.25, 0.3) is 0 Å². The van der Waals surface area contributed by atoms with Gasteiger partial charge in [0.15, 0.2) is 11.5 Å². The molecule has 4 heteroatoms. The molecule has 0 heterocycles. The molecule has 2 N–H and O–H groups in total. The Hall–Kier alpha value is -1.26. The zero-order valence-electron chi connectivity index (χ0n) is 10.0. The van der Waals surface area contributed by atoms with E-state index in [1.54, 1.807) is 14.2 Å². The van der Waals surface area contributed by atoms with Gasteiger partial charge in [-0.2, -0.15) is 0 Å². The topological polar surface area (TPSA) is 53.7 Å². The van der Waals surface area contributed by atoms with Crippen LogP contribution in [-0.2, 0) is 4.74 Å². The normalized spacial score (nSPS) is 12.2. The first kappa shape index (κ1) is 12.8. The molecule has 16 heavy (non-hydrogen) atoms. The first-order valence-corrected chi connectivity index (χ1v) is 5.21. The van der Waals surface area contributed by atoms with Gasteiger partial charge in [-0.05, 0) is 24.6 Å². The molecule has 0 aliphatic heterocycles. The fourth-order valence-corrected chi connectivity index (χ4v) is 1.39. The molecular weight excluding hydrogens is 206 g/mol. The molecule has 0 aromatic heterocycles. The van der Waals surface area contributed by atoms with Gasteiger partial charge in [-0.1, -0.05) is 6.07 Å². The van der Waals surface area contributed by atoms with Gasteiger partial charge in [-0.15, -0.1) is 0 Å². The van der Waals surface area contributed by atoms with Gasteiger partial charge in [0.2, 0.25) is 0 Å². The second-order valence-electron chi connectivity index (χ2n) is 3.59. The monoisotopic (exact) mass is 225 g/mol. The highest BCUT2D eigenvalue weighted by atomic mass is 16.5. The van der Waals surface area contributed by atoms with Gasteiger partial charge < -0.3 is 19.9 Å². The van der Waals surface area contributed by atoms with Crippen molar-refractivity contribution in [2.24, 2.45) is 5.73 Å². The maximum absolute atomic E-state index is 5.71. The van der Waals surface area contributed by atoms with Crippen molar-refractivity contribution in [3.8, 4) is 11.5 Å². The zero-order chi connectivity index (χ0) is 12.0. The van der Waals surface area contributed by atoms with Gasteiger partial charge in [-0.25, -0.2) is 0 Å². The SMILES string of the molecule is COCC(CN)Oc1ccc(C)cc1OC. The average Bonchev–Trinajstić information content (AvgIpc) is 2.30. The largest absolute Gasteiger partial charge is 0.493 e. The molecule has 1 rings (SSSR count). The van der Waals surface area contributed by atoms with Gasteiger partial charge in [0.05, 0.1) is 13.7 Å². The zero-order valence-corrected chi connectivity index (χ0v) is 10.0. The predicted octanol–water partition coefficient (Wildman–Crippen LogP) is 1.36. The van der Waals surface area contributed by atoms with Gasteiger partial charge in [0, 0.05) is 13.7 Å². The van der Waals surface area contributed by atoms with Crippen LogP contribution in [0.15, 0.2) is 18.2 Å². The molecule has 0 bridgehead atoms. The maximum Gasteiger partial charge on any atom is 0.161 e. The summed E-state index contributed by atoms with van der Waals surface area (Å²) in [6.07, 6.45) is -0.151. The highest BCUT2D eigenvalue weighted by Crippen LogP contribution is 2.28. The molecule has 0 fully saturated rings. The molecule has 0 saturated heterocycles. The number of hydrogen-bond donors (Lipinski definition) is 1. The van der Waals surface area contributed by atoms with E-state index in [1.165, 1.54) is 0 Å². The van der Waals surface area contributed by atoms with Crippen molar-refractivity contribution in [3.05, 3.63) is 23.8 Å². The smallest absolute Gasteiger partial charge is 0.161 e. The molecule has 4 nitrogen and oxygen atoms in total. The summed E-state index contributed by atoms with van der Waals surface area (Å²) in [5, 5.41) is 0. The minimum atomic E-state index is -0.151. The van der Waals surface area contributed by atoms with Crippen molar-refractivity contribution >= 4 is 0 Å². The maximum atomic E-state index is 5.71. The van der Waals surface area contributed by atoms with E-state index in [0.717, 1.165) is 11.3 Å². The number of benzene rings is 1. The van der Waals surface area contributed by atoms with E-state index in [2.05, 4.69) is 0 Å². The summed E-state index contributed by atoms with van der Waals surface area (Å²) < 4.78 is 16.0. The summed E-state index contributed by atoms with van der Waals surface area (Å²) >= 11 is 0. The highest BCUT2D eigenvalue weighted by molar-refractivity contribution is 5.42. The van der Waals surface area contributed by atoms with Crippen molar-refractivity contribution in [2.45, 2.75) is 13.0 Å². The van der Waals surface area contributed by atoms with E-state index in [9.17, 15) is 0 Å². The quantitative estimate of drug-likeness (QED) is 0.794. The Kier molecular flexibility index (Phi) is 5.08. The van der Waals surface area contributed by atoms with Crippen molar-refractivity contribution in [1.82, 2.24) is 0 Å². The summed E-state index contributed by atoms with van der Waals surface area (Å²) in [7, 11) is 3.24. The number of hydrogen-bond acceptors (Lipinski definition) is 4. The van der Waals surface area contributed by atoms with Gasteiger partial charge in [-0.3, -0.25) is 0 Å². The van der Waals surface area contributed by atoms with Gasteiger partial charge in [0.1, 0.15) is 6.10 Å². The Labute approximate surface area is 96.3 Å². The molecule has 1 aromatic rings. The third-order valence-corrected chi connectivity index (χ3v) is 2.23. The molecule has 1 aromatic carbocycles. The van der Waals surface area contributed by atoms with Crippen LogP contribution in [0.3, 0.4) is 0 Å². The Morgan fingerprint density at radius 3 is 2.56 bits per heavy atom. The van der Waals surface area contributed by atoms with Crippen LogP contribution in [0.2, 0.25) is 0 Å². The van der Waals surface area contributed by atoms with Crippen molar-refractivity contribution in [2.75, 3.05) is 27.4 Å². The summed E-state index contributed by atoms with van der Waals surface area (Å²) in [6, 6.07) is 5.78. The number of ether oxygens (including phenoxy) is 3. The van der Waals surface area contributed by atoms with Crippen LogP contribution in [-0.4, -0.2) is 33.5 Å². The lowest BCUT2D eigenvalue weighted by molar-refractivity contribution is 0.0840. The highest BCUT2D eigenvalue weighted by Gasteiger charge is 2.11. The molecule has 0 saturated carbocycles. The van der Waals surface area contributed by atoms with E-state index in [0.29, 0.717) is 18.9 Å². The van der Waals surface area contributed by atoms with Crippen molar-refractivity contribution in [1.29, 1.82) is 0 Å². The average molecular weight is 225 g/mol. The Morgan fingerprint density at radius 1 is 1.25 bits per heavy atom. The number of methoxy groups -OCH3 is 2. The minimum Gasteiger partial charge on any atom is -0.493 e. The van der Waals surface area contributed by atoms with Crippen LogP contribution in [0.4, 0.5) is 0 Å². The van der Waals surface area contributed by atoms with E-state index in [-0.39, 0.29) is 6.10 Å². The number of aryl methyl sites for hydroxylation is 1. The standard InChI is InChI=1S/C12H19NO3/c1-9-4-5-11(12(6-9)15-3)16-10(7-13)8-14-2/h4-6,10H,7-8,13H2,1-3H3. The molecule has 0 radical (unpaired) electrons. The third-order valence-electron chi connectivity index (χ3n) is 2.23.